The summed E-state index contributed by atoms with van der Waals surface area (Å²) < 4.78 is 42.7. The number of aliphatic imine (C=N–C) groups is 1. The molecular weight excluding hydrogens is 497 g/mol. The van der Waals surface area contributed by atoms with E-state index >= 15 is 0 Å². The summed E-state index contributed by atoms with van der Waals surface area (Å²) in [6.45, 7) is 1.61. The molecule has 1 aliphatic heterocycles. The van der Waals surface area contributed by atoms with E-state index in [4.69, 9.17) is 4.98 Å². The number of imidazole rings is 1. The Kier molecular flexibility index (Phi) is 6.43. The average molecular weight is 525 g/mol. The van der Waals surface area contributed by atoms with E-state index in [0.29, 0.717) is 17.2 Å². The predicted octanol–water partition coefficient (Wildman–Crippen LogP) is 8.28. The number of anilines is 1. The van der Waals surface area contributed by atoms with Gasteiger partial charge in [-0.05, 0) is 42.2 Å². The number of hydrogen-bond donors (Lipinski definition) is 0. The lowest BCUT2D eigenvalue weighted by molar-refractivity contribution is -0.137. The van der Waals surface area contributed by atoms with Crippen LogP contribution in [0.4, 0.5) is 24.5 Å². The first-order valence-corrected chi connectivity index (χ1v) is 13.0. The Morgan fingerprint density at radius 3 is 2.05 bits per heavy atom. The third-order valence-corrected chi connectivity index (χ3v) is 7.29. The molecular formula is C32H27F3N4. The first-order valence-electron chi connectivity index (χ1n) is 13.0. The maximum atomic E-state index is 13.6. The van der Waals surface area contributed by atoms with E-state index in [1.54, 1.807) is 6.21 Å². The highest BCUT2D eigenvalue weighted by Gasteiger charge is 2.31. The van der Waals surface area contributed by atoms with Gasteiger partial charge in [-0.1, -0.05) is 72.8 Å². The third kappa shape index (κ3) is 4.80. The van der Waals surface area contributed by atoms with Gasteiger partial charge in [0.05, 0.1) is 34.2 Å². The van der Waals surface area contributed by atoms with Crippen molar-refractivity contribution in [3.63, 3.8) is 0 Å². The molecule has 4 nitrogen and oxygen atoms in total. The molecule has 4 aromatic carbocycles. The number of benzene rings is 4. The van der Waals surface area contributed by atoms with Crippen molar-refractivity contribution in [2.75, 3.05) is 18.0 Å². The van der Waals surface area contributed by atoms with E-state index in [-0.39, 0.29) is 0 Å². The van der Waals surface area contributed by atoms with Crippen LogP contribution in [0, 0.1) is 0 Å². The first-order chi connectivity index (χ1) is 18.9. The summed E-state index contributed by atoms with van der Waals surface area (Å²) in [6.07, 6.45) is -0.835. The fraction of sp³-hybridized carbons (Fsp3) is 0.188. The lowest BCUT2D eigenvalue weighted by Gasteiger charge is -2.20. The van der Waals surface area contributed by atoms with E-state index in [2.05, 4.69) is 34.2 Å². The Labute approximate surface area is 225 Å². The molecule has 0 bridgehead atoms. The van der Waals surface area contributed by atoms with Gasteiger partial charge in [-0.15, -0.1) is 0 Å². The van der Waals surface area contributed by atoms with Gasteiger partial charge in [0.25, 0.3) is 0 Å². The summed E-state index contributed by atoms with van der Waals surface area (Å²) in [4.78, 5) is 11.7. The third-order valence-electron chi connectivity index (χ3n) is 7.29. The van der Waals surface area contributed by atoms with Crippen LogP contribution < -0.4 is 4.90 Å². The lowest BCUT2D eigenvalue weighted by Crippen LogP contribution is -2.18. The fourth-order valence-corrected chi connectivity index (χ4v) is 5.31. The summed E-state index contributed by atoms with van der Waals surface area (Å²) >= 11 is 0. The lowest BCUT2D eigenvalue weighted by atomic mass is 9.98. The second kappa shape index (κ2) is 10.1. The zero-order valence-electron chi connectivity index (χ0n) is 21.5. The SMILES string of the molecule is Cn1c(/C=N/c2cc(C(F)(F)F)ccc2N2CCCC2)nc2c(-c3ccccc3)ccc(-c3ccccc3)c21. The molecule has 0 saturated carbocycles. The molecule has 0 spiro atoms. The Hall–Kier alpha value is -4.39. The number of nitrogens with zero attached hydrogens (tertiary/aromatic N) is 4. The largest absolute Gasteiger partial charge is 0.416 e. The number of aromatic nitrogens is 2. The Morgan fingerprint density at radius 2 is 1.41 bits per heavy atom. The zero-order chi connectivity index (χ0) is 27.0. The Bertz CT molecular complexity index is 1650. The van der Waals surface area contributed by atoms with Crippen molar-refractivity contribution < 1.29 is 13.2 Å². The fourth-order valence-electron chi connectivity index (χ4n) is 5.31. The van der Waals surface area contributed by atoms with E-state index in [1.807, 2.05) is 60.1 Å². The highest BCUT2D eigenvalue weighted by molar-refractivity contribution is 6.03. The molecule has 6 rings (SSSR count). The second-order valence-electron chi connectivity index (χ2n) is 9.77. The van der Waals surface area contributed by atoms with Gasteiger partial charge < -0.3 is 9.47 Å². The van der Waals surface area contributed by atoms with Crippen molar-refractivity contribution in [3.8, 4) is 22.3 Å². The number of fused-ring (bicyclic) bond motifs is 1. The molecule has 1 saturated heterocycles. The van der Waals surface area contributed by atoms with Crippen molar-refractivity contribution in [2.24, 2.45) is 12.0 Å². The zero-order valence-corrected chi connectivity index (χ0v) is 21.5. The Balaban J connectivity index is 1.51. The summed E-state index contributed by atoms with van der Waals surface area (Å²) in [7, 11) is 1.92. The van der Waals surface area contributed by atoms with E-state index < -0.39 is 11.7 Å². The molecule has 1 aliphatic rings. The standard InChI is InChI=1S/C32H27F3N4/c1-38-29(21-36-27-20-24(32(33,34)35)14-17-28(27)39-18-8-9-19-39)37-30-25(22-10-4-2-5-11-22)15-16-26(31(30)38)23-12-6-3-7-13-23/h2-7,10-17,20-21H,8-9,18-19H2,1H3/b36-21+. The highest BCUT2D eigenvalue weighted by atomic mass is 19.4. The topological polar surface area (TPSA) is 33.4 Å². The number of rotatable bonds is 5. The number of halogens is 3. The predicted molar refractivity (Wildman–Crippen MR) is 152 cm³/mol. The minimum absolute atomic E-state index is 0.297. The molecule has 39 heavy (non-hydrogen) atoms. The average Bonchev–Trinajstić information content (AvgIpc) is 3.60. The van der Waals surface area contributed by atoms with Gasteiger partial charge in [-0.2, -0.15) is 13.2 Å². The van der Waals surface area contributed by atoms with Crippen molar-refractivity contribution >= 4 is 28.6 Å². The molecule has 2 heterocycles. The van der Waals surface area contributed by atoms with Crippen LogP contribution in [-0.4, -0.2) is 28.9 Å². The van der Waals surface area contributed by atoms with E-state index in [9.17, 15) is 13.2 Å². The molecule has 0 aliphatic carbocycles. The summed E-state index contributed by atoms with van der Waals surface area (Å²) in [5.41, 5.74) is 6.16. The smallest absolute Gasteiger partial charge is 0.370 e. The minimum Gasteiger partial charge on any atom is -0.370 e. The molecule has 5 aromatic rings. The van der Waals surface area contributed by atoms with Crippen LogP contribution in [0.5, 0.6) is 0 Å². The van der Waals surface area contributed by atoms with Gasteiger partial charge in [0.15, 0.2) is 5.82 Å². The van der Waals surface area contributed by atoms with Crippen molar-refractivity contribution in [1.29, 1.82) is 0 Å². The monoisotopic (exact) mass is 524 g/mol. The first kappa shape index (κ1) is 24.9. The van der Waals surface area contributed by atoms with Gasteiger partial charge in [0.1, 0.15) is 0 Å². The van der Waals surface area contributed by atoms with Crippen molar-refractivity contribution in [2.45, 2.75) is 19.0 Å². The van der Waals surface area contributed by atoms with Crippen LogP contribution in [0.3, 0.4) is 0 Å². The normalized spacial score (nSPS) is 14.1. The van der Waals surface area contributed by atoms with E-state index in [1.165, 1.54) is 6.07 Å². The molecule has 0 atom stereocenters. The van der Waals surface area contributed by atoms with Gasteiger partial charge in [-0.3, -0.25) is 4.99 Å². The van der Waals surface area contributed by atoms with Crippen LogP contribution in [0.2, 0.25) is 0 Å². The molecule has 1 fully saturated rings. The molecule has 1 aromatic heterocycles. The number of alkyl halides is 3. The number of aryl methyl sites for hydroxylation is 1. The van der Waals surface area contributed by atoms with Crippen molar-refractivity contribution in [3.05, 3.63) is 102 Å². The molecule has 0 N–H and O–H groups in total. The van der Waals surface area contributed by atoms with Crippen LogP contribution in [0.25, 0.3) is 33.3 Å². The molecule has 7 heteroatoms. The highest BCUT2D eigenvalue weighted by Crippen LogP contribution is 2.39. The summed E-state index contributed by atoms with van der Waals surface area (Å²) in [5.74, 6) is 0.565. The van der Waals surface area contributed by atoms with Crippen LogP contribution >= 0.6 is 0 Å². The summed E-state index contributed by atoms with van der Waals surface area (Å²) in [6, 6.07) is 28.1. The molecule has 196 valence electrons. The minimum atomic E-state index is -4.44. The maximum absolute atomic E-state index is 13.6. The van der Waals surface area contributed by atoms with E-state index in [0.717, 1.165) is 71.4 Å². The van der Waals surface area contributed by atoms with Gasteiger partial charge >= 0.3 is 6.18 Å². The number of hydrogen-bond acceptors (Lipinski definition) is 3. The maximum Gasteiger partial charge on any atom is 0.416 e. The molecule has 0 unspecified atom stereocenters. The molecule has 0 radical (unpaired) electrons. The van der Waals surface area contributed by atoms with Crippen LogP contribution in [0.15, 0.2) is 96.0 Å². The van der Waals surface area contributed by atoms with Gasteiger partial charge in [0.2, 0.25) is 0 Å². The van der Waals surface area contributed by atoms with Crippen LogP contribution in [0.1, 0.15) is 24.2 Å². The summed E-state index contributed by atoms with van der Waals surface area (Å²) in [5, 5.41) is 0. The van der Waals surface area contributed by atoms with Gasteiger partial charge in [0, 0.05) is 31.3 Å². The Morgan fingerprint density at radius 1 is 0.795 bits per heavy atom. The quantitative estimate of drug-likeness (QED) is 0.217. The second-order valence-corrected chi connectivity index (χ2v) is 9.77. The van der Waals surface area contributed by atoms with Gasteiger partial charge in [-0.25, -0.2) is 4.98 Å². The molecule has 0 amide bonds. The van der Waals surface area contributed by atoms with Crippen LogP contribution in [-0.2, 0) is 13.2 Å². The van der Waals surface area contributed by atoms with Crippen molar-refractivity contribution in [1.82, 2.24) is 9.55 Å².